The molecule has 1 heterocycles. The molecule has 98 valence electrons. The predicted octanol–water partition coefficient (Wildman–Crippen LogP) is 2.82. The van der Waals surface area contributed by atoms with Gasteiger partial charge in [0, 0.05) is 6.54 Å². The third kappa shape index (κ3) is 4.17. The number of hydrogen-bond acceptors (Lipinski definition) is 4. The Morgan fingerprint density at radius 2 is 2.11 bits per heavy atom. The highest BCUT2D eigenvalue weighted by Gasteiger charge is 2.15. The Balaban J connectivity index is 2.63. The molecule has 0 radical (unpaired) electrons. The monoisotopic (exact) mass is 267 g/mol. The zero-order chi connectivity index (χ0) is 13.5. The number of pyridine rings is 1. The first-order chi connectivity index (χ1) is 8.60. The Kier molecular flexibility index (Phi) is 5.90. The molecule has 1 aromatic rings. The van der Waals surface area contributed by atoms with Gasteiger partial charge in [0.25, 0.3) is 0 Å². The van der Waals surface area contributed by atoms with Crippen molar-refractivity contribution in [3.63, 3.8) is 0 Å². The van der Waals surface area contributed by atoms with Crippen molar-refractivity contribution in [3.05, 3.63) is 22.8 Å². The molecule has 5 heteroatoms. The number of nitrogens with zero attached hydrogens (tertiary/aromatic N) is 2. The molecule has 4 nitrogen and oxygen atoms in total. The molecule has 0 aliphatic heterocycles. The molecule has 1 unspecified atom stereocenters. The van der Waals surface area contributed by atoms with Crippen LogP contribution in [0.2, 0.25) is 5.15 Å². The third-order valence-electron chi connectivity index (χ3n) is 3.01. The second-order valence-corrected chi connectivity index (χ2v) is 4.59. The van der Waals surface area contributed by atoms with E-state index in [2.05, 4.69) is 24.1 Å². The lowest BCUT2D eigenvalue weighted by atomic mass is 9.96. The summed E-state index contributed by atoms with van der Waals surface area (Å²) in [6.07, 6.45) is 1.45. The van der Waals surface area contributed by atoms with Crippen LogP contribution in [0.1, 0.15) is 32.3 Å². The van der Waals surface area contributed by atoms with Crippen LogP contribution in [-0.2, 0) is 0 Å². The van der Waals surface area contributed by atoms with E-state index < -0.39 is 6.10 Å². The maximum atomic E-state index is 9.98. The summed E-state index contributed by atoms with van der Waals surface area (Å²) < 4.78 is 0. The number of aliphatic hydroxyl groups excluding tert-OH is 1. The predicted molar refractivity (Wildman–Crippen MR) is 72.5 cm³/mol. The van der Waals surface area contributed by atoms with Crippen LogP contribution in [0.15, 0.2) is 12.1 Å². The van der Waals surface area contributed by atoms with Gasteiger partial charge in [-0.05, 0) is 18.1 Å². The van der Waals surface area contributed by atoms with Crippen LogP contribution in [0.25, 0.3) is 0 Å². The van der Waals surface area contributed by atoms with Crippen molar-refractivity contribution in [3.8, 4) is 6.07 Å². The molecule has 2 N–H and O–H groups in total. The van der Waals surface area contributed by atoms with E-state index in [-0.39, 0.29) is 11.1 Å². The van der Waals surface area contributed by atoms with Gasteiger partial charge in [-0.1, -0.05) is 38.3 Å². The summed E-state index contributed by atoms with van der Waals surface area (Å²) in [4.78, 5) is 4.06. The Hall–Kier alpha value is -1.31. The molecule has 0 saturated heterocycles. The fraction of sp³-hybridized carbons (Fsp3) is 0.538. The highest BCUT2D eigenvalue weighted by Crippen LogP contribution is 2.16. The molecular weight excluding hydrogens is 250 g/mol. The Labute approximate surface area is 113 Å². The zero-order valence-electron chi connectivity index (χ0n) is 10.7. The number of rotatable bonds is 6. The molecule has 0 fully saturated rings. The van der Waals surface area contributed by atoms with Gasteiger partial charge in [-0.15, -0.1) is 0 Å². The molecule has 0 bridgehead atoms. The fourth-order valence-corrected chi connectivity index (χ4v) is 2.07. The van der Waals surface area contributed by atoms with Crippen LogP contribution in [0, 0.1) is 17.2 Å². The summed E-state index contributed by atoms with van der Waals surface area (Å²) in [5.41, 5.74) is 0.453. The van der Waals surface area contributed by atoms with E-state index in [1.807, 2.05) is 6.07 Å². The standard InChI is InChI=1S/C13H18ClN3O/c1-3-10(4-2)11(18)8-16-13-6-9(7-15)5-12(14)17-13/h5-6,10-11,18H,3-4,8H2,1-2H3,(H,16,17). The van der Waals surface area contributed by atoms with E-state index in [0.717, 1.165) is 12.8 Å². The van der Waals surface area contributed by atoms with E-state index in [4.69, 9.17) is 16.9 Å². The van der Waals surface area contributed by atoms with Gasteiger partial charge in [-0.3, -0.25) is 0 Å². The molecule has 18 heavy (non-hydrogen) atoms. The average Bonchev–Trinajstić information content (AvgIpc) is 2.37. The number of hydrogen-bond donors (Lipinski definition) is 2. The van der Waals surface area contributed by atoms with Crippen LogP contribution in [-0.4, -0.2) is 22.7 Å². The smallest absolute Gasteiger partial charge is 0.132 e. The molecule has 1 rings (SSSR count). The number of halogens is 1. The molecule has 1 atom stereocenters. The minimum atomic E-state index is -0.425. The average molecular weight is 268 g/mol. The summed E-state index contributed by atoms with van der Waals surface area (Å²) in [5, 5.41) is 22.1. The molecule has 0 aliphatic rings. The molecule has 1 aromatic heterocycles. The van der Waals surface area contributed by atoms with E-state index >= 15 is 0 Å². The number of aliphatic hydroxyl groups is 1. The zero-order valence-corrected chi connectivity index (χ0v) is 11.4. The quantitative estimate of drug-likeness (QED) is 0.778. The lowest BCUT2D eigenvalue weighted by molar-refractivity contribution is 0.114. The molecule has 0 aromatic carbocycles. The minimum absolute atomic E-state index is 0.270. The third-order valence-corrected chi connectivity index (χ3v) is 3.20. The summed E-state index contributed by atoms with van der Waals surface area (Å²) in [6, 6.07) is 5.13. The summed E-state index contributed by atoms with van der Waals surface area (Å²) >= 11 is 5.80. The lowest BCUT2D eigenvalue weighted by Crippen LogP contribution is -2.28. The van der Waals surface area contributed by atoms with Crippen LogP contribution in [0.5, 0.6) is 0 Å². The maximum Gasteiger partial charge on any atom is 0.132 e. The first-order valence-corrected chi connectivity index (χ1v) is 6.48. The maximum absolute atomic E-state index is 9.98. The van der Waals surface area contributed by atoms with E-state index in [1.54, 1.807) is 6.07 Å². The van der Waals surface area contributed by atoms with Crippen molar-refractivity contribution in [2.24, 2.45) is 5.92 Å². The summed E-state index contributed by atoms with van der Waals surface area (Å²) in [6.45, 7) is 4.52. The van der Waals surface area contributed by atoms with E-state index in [9.17, 15) is 5.11 Å². The molecule has 0 spiro atoms. The van der Waals surface area contributed by atoms with Crippen LogP contribution >= 0.6 is 11.6 Å². The Bertz CT molecular complexity index is 427. The number of anilines is 1. The minimum Gasteiger partial charge on any atom is -0.391 e. The van der Waals surface area contributed by atoms with Gasteiger partial charge in [-0.25, -0.2) is 4.98 Å². The van der Waals surface area contributed by atoms with Crippen molar-refractivity contribution in [2.45, 2.75) is 32.8 Å². The normalized spacial score (nSPS) is 12.2. The highest BCUT2D eigenvalue weighted by atomic mass is 35.5. The Morgan fingerprint density at radius 1 is 1.44 bits per heavy atom. The van der Waals surface area contributed by atoms with Gasteiger partial charge in [0.05, 0.1) is 17.7 Å². The van der Waals surface area contributed by atoms with Crippen LogP contribution < -0.4 is 5.32 Å². The van der Waals surface area contributed by atoms with Crippen molar-refractivity contribution >= 4 is 17.4 Å². The van der Waals surface area contributed by atoms with E-state index in [0.29, 0.717) is 17.9 Å². The van der Waals surface area contributed by atoms with E-state index in [1.165, 1.54) is 6.07 Å². The van der Waals surface area contributed by atoms with Crippen molar-refractivity contribution < 1.29 is 5.11 Å². The summed E-state index contributed by atoms with van der Waals surface area (Å²) in [5.74, 6) is 0.788. The van der Waals surface area contributed by atoms with Crippen LogP contribution in [0.4, 0.5) is 5.82 Å². The van der Waals surface area contributed by atoms with Crippen molar-refractivity contribution in [1.29, 1.82) is 5.26 Å². The first kappa shape index (κ1) is 14.7. The van der Waals surface area contributed by atoms with Crippen molar-refractivity contribution in [1.82, 2.24) is 4.98 Å². The molecular formula is C13H18ClN3O. The van der Waals surface area contributed by atoms with Gasteiger partial charge < -0.3 is 10.4 Å². The molecule has 0 saturated carbocycles. The number of aromatic nitrogens is 1. The number of nitrogens with one attached hydrogen (secondary N) is 1. The number of nitriles is 1. The Morgan fingerprint density at radius 3 is 2.67 bits per heavy atom. The topological polar surface area (TPSA) is 68.9 Å². The van der Waals surface area contributed by atoms with Gasteiger partial charge in [-0.2, -0.15) is 5.26 Å². The summed E-state index contributed by atoms with van der Waals surface area (Å²) in [7, 11) is 0. The fourth-order valence-electron chi connectivity index (χ4n) is 1.86. The molecule has 0 amide bonds. The van der Waals surface area contributed by atoms with Gasteiger partial charge >= 0.3 is 0 Å². The van der Waals surface area contributed by atoms with Crippen molar-refractivity contribution in [2.75, 3.05) is 11.9 Å². The largest absolute Gasteiger partial charge is 0.391 e. The van der Waals surface area contributed by atoms with Gasteiger partial charge in [0.2, 0.25) is 0 Å². The highest BCUT2D eigenvalue weighted by molar-refractivity contribution is 6.29. The van der Waals surface area contributed by atoms with Gasteiger partial charge in [0.1, 0.15) is 11.0 Å². The molecule has 0 aliphatic carbocycles. The first-order valence-electron chi connectivity index (χ1n) is 6.10. The second-order valence-electron chi connectivity index (χ2n) is 4.20. The second kappa shape index (κ2) is 7.20. The SMILES string of the molecule is CCC(CC)C(O)CNc1cc(C#N)cc(Cl)n1. The lowest BCUT2D eigenvalue weighted by Gasteiger charge is -2.20. The van der Waals surface area contributed by atoms with Gasteiger partial charge in [0.15, 0.2) is 0 Å². The van der Waals surface area contributed by atoms with Crippen LogP contribution in [0.3, 0.4) is 0 Å².